The number of hydrogen-bond donors (Lipinski definition) is 1. The molecule has 0 unspecified atom stereocenters. The molecular formula is C16H15BrClNO4. The normalized spacial score (nSPS) is 10.1. The zero-order valence-electron chi connectivity index (χ0n) is 12.6. The van der Waals surface area contributed by atoms with Crippen molar-refractivity contribution in [3.8, 4) is 17.2 Å². The molecule has 0 saturated carbocycles. The standard InChI is InChI=1S/C16H15BrClNO4/c1-21-11-4-5-13(15(8-11)22-2)19-16(20)9-23-14-6-3-10(17)7-12(14)18/h3-8H,9H2,1-2H3,(H,19,20). The van der Waals surface area contributed by atoms with Crippen LogP contribution in [0.25, 0.3) is 0 Å². The van der Waals surface area contributed by atoms with Gasteiger partial charge in [0.25, 0.3) is 5.91 Å². The SMILES string of the molecule is COc1ccc(NC(=O)COc2ccc(Br)cc2Cl)c(OC)c1. The van der Waals surface area contributed by atoms with Crippen molar-refractivity contribution in [2.75, 3.05) is 26.1 Å². The van der Waals surface area contributed by atoms with Crippen molar-refractivity contribution in [1.82, 2.24) is 0 Å². The Labute approximate surface area is 147 Å². The highest BCUT2D eigenvalue weighted by Gasteiger charge is 2.10. The van der Waals surface area contributed by atoms with E-state index in [1.165, 1.54) is 7.11 Å². The molecule has 0 fully saturated rings. The molecule has 0 radical (unpaired) electrons. The number of anilines is 1. The Balaban J connectivity index is 1.99. The third kappa shape index (κ3) is 4.77. The second-order valence-electron chi connectivity index (χ2n) is 4.48. The zero-order valence-corrected chi connectivity index (χ0v) is 14.9. The van der Waals surface area contributed by atoms with Crippen LogP contribution < -0.4 is 19.5 Å². The summed E-state index contributed by atoms with van der Waals surface area (Å²) in [6.07, 6.45) is 0. The summed E-state index contributed by atoms with van der Waals surface area (Å²) in [5, 5.41) is 3.14. The molecule has 0 aliphatic heterocycles. The van der Waals surface area contributed by atoms with Crippen molar-refractivity contribution >= 4 is 39.1 Å². The molecule has 0 bridgehead atoms. The molecular weight excluding hydrogens is 386 g/mol. The molecule has 2 aromatic rings. The van der Waals surface area contributed by atoms with Crippen molar-refractivity contribution in [3.05, 3.63) is 45.9 Å². The predicted molar refractivity (Wildman–Crippen MR) is 92.8 cm³/mol. The number of halogens is 2. The minimum Gasteiger partial charge on any atom is -0.497 e. The number of rotatable bonds is 6. The topological polar surface area (TPSA) is 56.8 Å². The summed E-state index contributed by atoms with van der Waals surface area (Å²) in [4.78, 5) is 12.0. The number of nitrogens with one attached hydrogen (secondary N) is 1. The average Bonchev–Trinajstić information content (AvgIpc) is 2.54. The molecule has 2 rings (SSSR count). The van der Waals surface area contributed by atoms with Crippen molar-refractivity contribution in [2.24, 2.45) is 0 Å². The van der Waals surface area contributed by atoms with E-state index >= 15 is 0 Å². The van der Waals surface area contributed by atoms with Gasteiger partial charge in [0.05, 0.1) is 24.9 Å². The summed E-state index contributed by atoms with van der Waals surface area (Å²) in [5.74, 6) is 1.25. The van der Waals surface area contributed by atoms with Gasteiger partial charge in [0.1, 0.15) is 17.2 Å². The van der Waals surface area contributed by atoms with E-state index in [1.54, 1.807) is 43.5 Å². The smallest absolute Gasteiger partial charge is 0.262 e. The Hall–Kier alpha value is -1.92. The van der Waals surface area contributed by atoms with Crippen molar-refractivity contribution < 1.29 is 19.0 Å². The molecule has 1 N–H and O–H groups in total. The predicted octanol–water partition coefficient (Wildman–Crippen LogP) is 4.14. The minimum absolute atomic E-state index is 0.170. The van der Waals surface area contributed by atoms with Crippen molar-refractivity contribution in [2.45, 2.75) is 0 Å². The van der Waals surface area contributed by atoms with Gasteiger partial charge >= 0.3 is 0 Å². The Morgan fingerprint density at radius 3 is 2.57 bits per heavy atom. The highest BCUT2D eigenvalue weighted by atomic mass is 79.9. The van der Waals surface area contributed by atoms with Crippen LogP contribution in [0.2, 0.25) is 5.02 Å². The molecule has 2 aromatic carbocycles. The largest absolute Gasteiger partial charge is 0.497 e. The summed E-state index contributed by atoms with van der Waals surface area (Å²) in [5.41, 5.74) is 0.531. The molecule has 0 aromatic heterocycles. The van der Waals surface area contributed by atoms with Gasteiger partial charge < -0.3 is 19.5 Å². The summed E-state index contributed by atoms with van der Waals surface area (Å²) in [7, 11) is 3.07. The molecule has 0 saturated heterocycles. The van der Waals surface area contributed by atoms with Crippen LogP contribution in [0.15, 0.2) is 40.9 Å². The van der Waals surface area contributed by atoms with Gasteiger partial charge in [-0.2, -0.15) is 0 Å². The number of methoxy groups -OCH3 is 2. The number of ether oxygens (including phenoxy) is 3. The van der Waals surface area contributed by atoms with Crippen LogP contribution in [0, 0.1) is 0 Å². The fourth-order valence-corrected chi connectivity index (χ4v) is 2.55. The minimum atomic E-state index is -0.326. The lowest BCUT2D eigenvalue weighted by molar-refractivity contribution is -0.118. The molecule has 0 aliphatic rings. The van der Waals surface area contributed by atoms with Crippen LogP contribution in [0.1, 0.15) is 0 Å². The Bertz CT molecular complexity index is 708. The number of carbonyl (C=O) groups is 1. The van der Waals surface area contributed by atoms with E-state index in [-0.39, 0.29) is 12.5 Å². The van der Waals surface area contributed by atoms with Gasteiger partial charge in [-0.3, -0.25) is 4.79 Å². The van der Waals surface area contributed by atoms with Gasteiger partial charge in [-0.05, 0) is 30.3 Å². The first kappa shape index (κ1) is 17.4. The van der Waals surface area contributed by atoms with Crippen molar-refractivity contribution in [3.63, 3.8) is 0 Å². The van der Waals surface area contributed by atoms with E-state index in [9.17, 15) is 4.79 Å². The molecule has 0 heterocycles. The fraction of sp³-hybridized carbons (Fsp3) is 0.188. The van der Waals surface area contributed by atoms with E-state index in [1.807, 2.05) is 0 Å². The lowest BCUT2D eigenvalue weighted by Gasteiger charge is -2.12. The Morgan fingerprint density at radius 2 is 1.91 bits per heavy atom. The summed E-state index contributed by atoms with van der Waals surface area (Å²) in [6.45, 7) is -0.170. The number of benzene rings is 2. The van der Waals surface area contributed by atoms with E-state index in [0.29, 0.717) is 28.0 Å². The summed E-state index contributed by atoms with van der Waals surface area (Å²) >= 11 is 9.34. The van der Waals surface area contributed by atoms with Gasteiger partial charge in [0.15, 0.2) is 6.61 Å². The molecule has 0 atom stereocenters. The number of carbonyl (C=O) groups excluding carboxylic acids is 1. The van der Waals surface area contributed by atoms with Gasteiger partial charge in [0.2, 0.25) is 0 Å². The quantitative estimate of drug-likeness (QED) is 0.792. The Kier molecular flexibility index (Phi) is 6.12. The van der Waals surface area contributed by atoms with Crippen molar-refractivity contribution in [1.29, 1.82) is 0 Å². The third-order valence-electron chi connectivity index (χ3n) is 2.94. The lowest BCUT2D eigenvalue weighted by atomic mass is 10.2. The summed E-state index contributed by atoms with van der Waals surface area (Å²) < 4.78 is 16.6. The van der Waals surface area contributed by atoms with Gasteiger partial charge in [-0.25, -0.2) is 0 Å². The second-order valence-corrected chi connectivity index (χ2v) is 5.80. The maximum Gasteiger partial charge on any atom is 0.262 e. The Morgan fingerprint density at radius 1 is 1.13 bits per heavy atom. The van der Waals surface area contributed by atoms with Crippen LogP contribution in [-0.4, -0.2) is 26.7 Å². The van der Waals surface area contributed by atoms with E-state index in [2.05, 4.69) is 21.2 Å². The number of amides is 1. The van der Waals surface area contributed by atoms with E-state index in [4.69, 9.17) is 25.8 Å². The first-order valence-electron chi connectivity index (χ1n) is 6.63. The maximum absolute atomic E-state index is 12.0. The molecule has 5 nitrogen and oxygen atoms in total. The molecule has 23 heavy (non-hydrogen) atoms. The lowest BCUT2D eigenvalue weighted by Crippen LogP contribution is -2.20. The van der Waals surface area contributed by atoms with Crippen LogP contribution in [0.5, 0.6) is 17.2 Å². The molecule has 0 aliphatic carbocycles. The monoisotopic (exact) mass is 399 g/mol. The highest BCUT2D eigenvalue weighted by molar-refractivity contribution is 9.10. The molecule has 1 amide bonds. The fourth-order valence-electron chi connectivity index (χ4n) is 1.82. The van der Waals surface area contributed by atoms with E-state index < -0.39 is 0 Å². The van der Waals surface area contributed by atoms with Gasteiger partial charge in [-0.15, -0.1) is 0 Å². The molecule has 7 heteroatoms. The molecule has 0 spiro atoms. The summed E-state index contributed by atoms with van der Waals surface area (Å²) in [6, 6.07) is 10.3. The highest BCUT2D eigenvalue weighted by Crippen LogP contribution is 2.30. The second kappa shape index (κ2) is 8.08. The average molecular weight is 401 g/mol. The van der Waals surface area contributed by atoms with E-state index in [0.717, 1.165) is 4.47 Å². The molecule has 122 valence electrons. The van der Waals surface area contributed by atoms with Crippen LogP contribution in [0.4, 0.5) is 5.69 Å². The van der Waals surface area contributed by atoms with Crippen LogP contribution in [-0.2, 0) is 4.79 Å². The third-order valence-corrected chi connectivity index (χ3v) is 3.72. The first-order chi connectivity index (χ1) is 11.0. The van der Waals surface area contributed by atoms with Gasteiger partial charge in [-0.1, -0.05) is 27.5 Å². The number of hydrogen-bond acceptors (Lipinski definition) is 4. The van der Waals surface area contributed by atoms with Gasteiger partial charge in [0, 0.05) is 10.5 Å². The van der Waals surface area contributed by atoms with Crippen LogP contribution >= 0.6 is 27.5 Å². The van der Waals surface area contributed by atoms with Crippen LogP contribution in [0.3, 0.4) is 0 Å². The first-order valence-corrected chi connectivity index (χ1v) is 7.80. The zero-order chi connectivity index (χ0) is 16.8. The maximum atomic E-state index is 12.0.